The van der Waals surface area contributed by atoms with Gasteiger partial charge in [-0.3, -0.25) is 10.1 Å². The third kappa shape index (κ3) is 2.40. The monoisotopic (exact) mass is 262 g/mol. The fourth-order valence-electron chi connectivity index (χ4n) is 0.888. The average Bonchev–Trinajstić information content (AvgIpc) is 2.17. The van der Waals surface area contributed by atoms with Gasteiger partial charge in [-0.15, -0.1) is 0 Å². The SMILES string of the molecule is [N-]=[N+]=NS(=O)(=O)c1ccc(Cl)c([N+](=O)[O-])c1. The molecule has 1 aromatic rings. The van der Waals surface area contributed by atoms with E-state index < -0.39 is 25.5 Å². The Bertz CT molecular complexity index is 593. The molecule has 0 aliphatic carbocycles. The zero-order valence-electron chi connectivity index (χ0n) is 7.44. The molecular weight excluding hydrogens is 260 g/mol. The number of azide groups is 1. The van der Waals surface area contributed by atoms with Crippen LogP contribution in [0, 0.1) is 10.1 Å². The second-order valence-electron chi connectivity index (χ2n) is 2.52. The van der Waals surface area contributed by atoms with Crippen molar-refractivity contribution in [2.45, 2.75) is 4.90 Å². The normalized spacial score (nSPS) is 10.6. The fraction of sp³-hybridized carbons (Fsp3) is 0. The van der Waals surface area contributed by atoms with E-state index in [2.05, 4.69) is 9.43 Å². The van der Waals surface area contributed by atoms with Crippen LogP contribution in [0.4, 0.5) is 5.69 Å². The Morgan fingerprint density at radius 3 is 2.62 bits per heavy atom. The van der Waals surface area contributed by atoms with E-state index >= 15 is 0 Å². The molecule has 0 unspecified atom stereocenters. The maximum atomic E-state index is 11.2. The Morgan fingerprint density at radius 2 is 2.12 bits per heavy atom. The molecule has 0 aliphatic rings. The maximum absolute atomic E-state index is 11.2. The molecule has 0 radical (unpaired) electrons. The number of benzene rings is 1. The molecule has 0 aliphatic heterocycles. The number of nitro benzene ring substituents is 1. The Labute approximate surface area is 94.3 Å². The third-order valence-electron chi connectivity index (χ3n) is 1.56. The molecule has 1 aromatic carbocycles. The van der Waals surface area contributed by atoms with E-state index in [9.17, 15) is 18.5 Å². The molecule has 0 saturated heterocycles. The van der Waals surface area contributed by atoms with Crippen LogP contribution in [0.25, 0.3) is 10.4 Å². The molecule has 0 amide bonds. The van der Waals surface area contributed by atoms with Gasteiger partial charge in [0.1, 0.15) is 5.02 Å². The lowest BCUT2D eigenvalue weighted by molar-refractivity contribution is -0.384. The van der Waals surface area contributed by atoms with Crippen LogP contribution in [-0.2, 0) is 10.0 Å². The van der Waals surface area contributed by atoms with E-state index in [1.54, 1.807) is 0 Å². The van der Waals surface area contributed by atoms with E-state index in [-0.39, 0.29) is 5.02 Å². The topological polar surface area (TPSA) is 126 Å². The summed E-state index contributed by atoms with van der Waals surface area (Å²) >= 11 is 5.48. The van der Waals surface area contributed by atoms with Gasteiger partial charge in [0.25, 0.3) is 15.7 Å². The Kier molecular flexibility index (Phi) is 3.33. The van der Waals surface area contributed by atoms with Gasteiger partial charge in [0.2, 0.25) is 0 Å². The van der Waals surface area contributed by atoms with Crippen molar-refractivity contribution in [1.29, 1.82) is 0 Å². The highest BCUT2D eigenvalue weighted by Gasteiger charge is 2.19. The molecule has 0 fully saturated rings. The molecule has 84 valence electrons. The smallest absolute Gasteiger partial charge is 0.258 e. The molecule has 0 N–H and O–H groups in total. The standard InChI is InChI=1S/C6H3ClN4O4S/c7-5-2-1-4(3-6(5)11(12)13)16(14,15)10-9-8/h1-3H. The van der Waals surface area contributed by atoms with Crippen LogP contribution in [0.1, 0.15) is 0 Å². The first-order valence-electron chi connectivity index (χ1n) is 3.64. The van der Waals surface area contributed by atoms with Gasteiger partial charge < -0.3 is 0 Å². The minimum Gasteiger partial charge on any atom is -0.258 e. The molecule has 16 heavy (non-hydrogen) atoms. The van der Waals surface area contributed by atoms with Crippen molar-refractivity contribution in [3.8, 4) is 0 Å². The van der Waals surface area contributed by atoms with Crippen LogP contribution >= 0.6 is 11.6 Å². The fourth-order valence-corrected chi connectivity index (χ4v) is 1.77. The zero-order valence-corrected chi connectivity index (χ0v) is 9.01. The Morgan fingerprint density at radius 1 is 1.50 bits per heavy atom. The summed E-state index contributed by atoms with van der Waals surface area (Å²) in [5.41, 5.74) is 7.44. The first-order valence-corrected chi connectivity index (χ1v) is 5.45. The van der Waals surface area contributed by atoms with Gasteiger partial charge >= 0.3 is 0 Å². The molecule has 0 spiro atoms. The average molecular weight is 263 g/mol. The second-order valence-corrected chi connectivity index (χ2v) is 4.51. The summed E-state index contributed by atoms with van der Waals surface area (Å²) in [6.07, 6.45) is 0. The third-order valence-corrected chi connectivity index (χ3v) is 3.01. The molecular formula is C6H3ClN4O4S. The van der Waals surface area contributed by atoms with Gasteiger partial charge in [0, 0.05) is 15.5 Å². The number of halogens is 1. The van der Waals surface area contributed by atoms with E-state index in [0.717, 1.165) is 18.2 Å². The lowest BCUT2D eigenvalue weighted by Gasteiger charge is -1.98. The summed E-state index contributed by atoms with van der Waals surface area (Å²) in [6, 6.07) is 2.78. The van der Waals surface area contributed by atoms with Gasteiger partial charge in [-0.2, -0.15) is 0 Å². The molecule has 1 rings (SSSR count). The highest BCUT2D eigenvalue weighted by Crippen LogP contribution is 2.27. The van der Waals surface area contributed by atoms with Gasteiger partial charge in [-0.05, 0) is 17.7 Å². The summed E-state index contributed by atoms with van der Waals surface area (Å²) in [7, 11) is -4.24. The van der Waals surface area contributed by atoms with Crippen LogP contribution in [0.5, 0.6) is 0 Å². The van der Waals surface area contributed by atoms with Gasteiger partial charge in [0.15, 0.2) is 0 Å². The predicted molar refractivity (Wildman–Crippen MR) is 54.4 cm³/mol. The largest absolute Gasteiger partial charge is 0.289 e. The summed E-state index contributed by atoms with van der Waals surface area (Å²) in [5.74, 6) is 0. The molecule has 10 heteroatoms. The lowest BCUT2D eigenvalue weighted by atomic mass is 10.3. The van der Waals surface area contributed by atoms with Crippen LogP contribution in [0.3, 0.4) is 0 Å². The molecule has 0 saturated carbocycles. The van der Waals surface area contributed by atoms with E-state index in [4.69, 9.17) is 17.1 Å². The highest BCUT2D eigenvalue weighted by molar-refractivity contribution is 7.90. The van der Waals surface area contributed by atoms with Crippen molar-refractivity contribution in [1.82, 2.24) is 0 Å². The van der Waals surface area contributed by atoms with Gasteiger partial charge in [-0.25, -0.2) is 8.42 Å². The van der Waals surface area contributed by atoms with Gasteiger partial charge in [0.05, 0.1) is 9.82 Å². The summed E-state index contributed by atoms with van der Waals surface area (Å²) < 4.78 is 25.0. The Balaban J connectivity index is 3.45. The molecule has 0 atom stereocenters. The summed E-state index contributed by atoms with van der Waals surface area (Å²) in [6.45, 7) is 0. The molecule has 0 bridgehead atoms. The van der Waals surface area contributed by atoms with Crippen molar-refractivity contribution in [2.75, 3.05) is 0 Å². The van der Waals surface area contributed by atoms with E-state index in [1.807, 2.05) is 0 Å². The maximum Gasteiger partial charge on any atom is 0.289 e. The van der Waals surface area contributed by atoms with Crippen LogP contribution in [0.2, 0.25) is 5.02 Å². The zero-order chi connectivity index (χ0) is 12.3. The second kappa shape index (κ2) is 4.35. The van der Waals surface area contributed by atoms with Crippen molar-refractivity contribution in [3.63, 3.8) is 0 Å². The lowest BCUT2D eigenvalue weighted by Crippen LogP contribution is -1.97. The van der Waals surface area contributed by atoms with Crippen molar-refractivity contribution >= 4 is 27.3 Å². The van der Waals surface area contributed by atoms with Crippen LogP contribution in [0.15, 0.2) is 27.6 Å². The summed E-state index contributed by atoms with van der Waals surface area (Å²) in [4.78, 5) is 11.3. The number of sulfonamides is 1. The number of hydrogen-bond donors (Lipinski definition) is 0. The van der Waals surface area contributed by atoms with E-state index in [1.165, 1.54) is 0 Å². The molecule has 0 aromatic heterocycles. The van der Waals surface area contributed by atoms with Crippen LogP contribution < -0.4 is 0 Å². The highest BCUT2D eigenvalue weighted by atomic mass is 35.5. The quantitative estimate of drug-likeness (QED) is 0.272. The Hall–Kier alpha value is -1.83. The summed E-state index contributed by atoms with van der Waals surface area (Å²) in [5, 5.41) is 10.3. The van der Waals surface area contributed by atoms with E-state index in [0.29, 0.717) is 0 Å². The molecule has 0 heterocycles. The number of rotatable bonds is 3. The molecule has 8 nitrogen and oxygen atoms in total. The van der Waals surface area contributed by atoms with Crippen molar-refractivity contribution in [3.05, 3.63) is 43.8 Å². The number of nitrogens with zero attached hydrogens (tertiary/aromatic N) is 4. The number of nitro groups is 1. The first kappa shape index (κ1) is 12.2. The van der Waals surface area contributed by atoms with Gasteiger partial charge in [-0.1, -0.05) is 11.6 Å². The van der Waals surface area contributed by atoms with Crippen molar-refractivity contribution < 1.29 is 13.3 Å². The van der Waals surface area contributed by atoms with Crippen LogP contribution in [-0.4, -0.2) is 13.3 Å². The first-order chi connectivity index (χ1) is 7.38. The minimum absolute atomic E-state index is 0.204. The number of hydrogen-bond acceptors (Lipinski definition) is 4. The van der Waals surface area contributed by atoms with Crippen molar-refractivity contribution in [2.24, 2.45) is 4.52 Å². The minimum atomic E-state index is -4.24. The predicted octanol–water partition coefficient (Wildman–Crippen LogP) is 2.25.